The van der Waals surface area contributed by atoms with Crippen LogP contribution in [-0.4, -0.2) is 37.0 Å². The van der Waals surface area contributed by atoms with Gasteiger partial charge in [-0.2, -0.15) is 0 Å². The van der Waals surface area contributed by atoms with Crippen LogP contribution in [0.25, 0.3) is 22.3 Å². The van der Waals surface area contributed by atoms with Crippen molar-refractivity contribution in [3.05, 3.63) is 89.5 Å². The Hall–Kier alpha value is -3.41. The Kier molecular flexibility index (Phi) is 5.75. The summed E-state index contributed by atoms with van der Waals surface area (Å²) < 4.78 is 6.25. The molecule has 1 amide bonds. The van der Waals surface area contributed by atoms with Gasteiger partial charge in [0.15, 0.2) is 0 Å². The molecule has 5 rings (SSSR count). The topological polar surface area (TPSA) is 57.5 Å². The second kappa shape index (κ2) is 8.99. The number of benzene rings is 3. The molecule has 1 fully saturated rings. The Bertz CT molecular complexity index is 1250. The summed E-state index contributed by atoms with van der Waals surface area (Å²) >= 11 is 0. The van der Waals surface area contributed by atoms with Gasteiger partial charge in [-0.3, -0.25) is 9.69 Å². The smallest absolute Gasteiger partial charge is 0.255 e. The summed E-state index contributed by atoms with van der Waals surface area (Å²) in [5.41, 5.74) is 5.42. The van der Waals surface area contributed by atoms with Gasteiger partial charge in [-0.1, -0.05) is 42.0 Å². The number of carbonyl (C=O) groups excluding carboxylic acids is 1. The van der Waals surface area contributed by atoms with Crippen molar-refractivity contribution in [2.45, 2.75) is 13.5 Å². The molecule has 0 radical (unpaired) electrons. The maximum Gasteiger partial charge on any atom is 0.255 e. The maximum atomic E-state index is 12.8. The van der Waals surface area contributed by atoms with Crippen LogP contribution in [0.3, 0.4) is 0 Å². The molecular weight excluding hydrogens is 398 g/mol. The number of rotatable bonds is 5. The molecule has 32 heavy (non-hydrogen) atoms. The minimum Gasteiger partial charge on any atom is -0.456 e. The molecule has 1 aliphatic rings. The first-order valence-corrected chi connectivity index (χ1v) is 11.1. The summed E-state index contributed by atoms with van der Waals surface area (Å²) in [6, 6.07) is 23.8. The van der Waals surface area contributed by atoms with Crippen LogP contribution in [0.4, 0.5) is 5.69 Å². The van der Waals surface area contributed by atoms with Gasteiger partial charge in [0.1, 0.15) is 11.3 Å². The van der Waals surface area contributed by atoms with Crippen LogP contribution < -0.4 is 10.6 Å². The number of furan rings is 1. The van der Waals surface area contributed by atoms with E-state index in [9.17, 15) is 4.79 Å². The van der Waals surface area contributed by atoms with Crippen molar-refractivity contribution in [1.29, 1.82) is 0 Å². The van der Waals surface area contributed by atoms with Crippen molar-refractivity contribution in [2.75, 3.05) is 31.5 Å². The fourth-order valence-electron chi connectivity index (χ4n) is 4.22. The van der Waals surface area contributed by atoms with E-state index in [0.717, 1.165) is 66.3 Å². The molecule has 1 saturated heterocycles. The summed E-state index contributed by atoms with van der Waals surface area (Å²) in [4.78, 5) is 15.3. The third-order valence-electron chi connectivity index (χ3n) is 5.92. The molecule has 0 saturated carbocycles. The number of piperazine rings is 1. The largest absolute Gasteiger partial charge is 0.456 e. The summed E-state index contributed by atoms with van der Waals surface area (Å²) in [6.45, 7) is 7.12. The molecular formula is C27H27N3O2. The maximum absolute atomic E-state index is 12.8. The lowest BCUT2D eigenvalue weighted by Crippen LogP contribution is -2.42. The van der Waals surface area contributed by atoms with Crippen molar-refractivity contribution >= 4 is 22.6 Å². The Morgan fingerprint density at radius 3 is 2.69 bits per heavy atom. The van der Waals surface area contributed by atoms with Crippen LogP contribution >= 0.6 is 0 Å². The first-order chi connectivity index (χ1) is 15.7. The number of aryl methyl sites for hydroxylation is 1. The predicted molar refractivity (Wildman–Crippen MR) is 129 cm³/mol. The Balaban J connectivity index is 1.40. The van der Waals surface area contributed by atoms with Crippen LogP contribution in [0.2, 0.25) is 0 Å². The summed E-state index contributed by atoms with van der Waals surface area (Å²) in [5, 5.41) is 7.50. The number of para-hydroxylation sites is 1. The van der Waals surface area contributed by atoms with E-state index in [1.807, 2.05) is 61.5 Å². The highest BCUT2D eigenvalue weighted by atomic mass is 16.3. The fourth-order valence-corrected chi connectivity index (χ4v) is 4.22. The van der Waals surface area contributed by atoms with Gasteiger partial charge in [0, 0.05) is 49.2 Å². The third-order valence-corrected chi connectivity index (χ3v) is 5.92. The van der Waals surface area contributed by atoms with Crippen LogP contribution in [0.5, 0.6) is 0 Å². The van der Waals surface area contributed by atoms with Crippen molar-refractivity contribution in [3.63, 3.8) is 0 Å². The number of fused-ring (bicyclic) bond motifs is 1. The fraction of sp³-hybridized carbons (Fsp3) is 0.222. The monoisotopic (exact) mass is 425 g/mol. The minimum absolute atomic E-state index is 0.129. The molecule has 0 atom stereocenters. The standard InChI is InChI=1S/C27H27N3O2/c1-19-5-4-6-22(15-19)27(31)29-24-8-3-2-7-23(24)26-17-21-10-9-20(16-25(21)32-26)18-30-13-11-28-12-14-30/h2-10,15-17,28H,11-14,18H2,1H3,(H,29,31). The van der Waals surface area contributed by atoms with E-state index >= 15 is 0 Å². The van der Waals surface area contributed by atoms with Crippen molar-refractivity contribution in [3.8, 4) is 11.3 Å². The molecule has 2 heterocycles. The zero-order chi connectivity index (χ0) is 21.9. The molecule has 162 valence electrons. The van der Waals surface area contributed by atoms with Gasteiger partial charge in [0.05, 0.1) is 5.69 Å². The lowest BCUT2D eigenvalue weighted by Gasteiger charge is -2.27. The second-order valence-corrected chi connectivity index (χ2v) is 8.38. The van der Waals surface area contributed by atoms with E-state index in [4.69, 9.17) is 4.42 Å². The van der Waals surface area contributed by atoms with Crippen LogP contribution in [0, 0.1) is 6.92 Å². The SMILES string of the molecule is Cc1cccc(C(=O)Nc2ccccc2-c2cc3ccc(CN4CCNCC4)cc3o2)c1. The highest BCUT2D eigenvalue weighted by Crippen LogP contribution is 2.33. The number of nitrogens with zero attached hydrogens (tertiary/aromatic N) is 1. The first kappa shape index (κ1) is 20.5. The Morgan fingerprint density at radius 1 is 1.00 bits per heavy atom. The molecule has 2 N–H and O–H groups in total. The molecule has 3 aromatic carbocycles. The van der Waals surface area contributed by atoms with Crippen molar-refractivity contribution in [2.24, 2.45) is 0 Å². The lowest BCUT2D eigenvalue weighted by atomic mass is 10.1. The van der Waals surface area contributed by atoms with E-state index < -0.39 is 0 Å². The summed E-state index contributed by atoms with van der Waals surface area (Å²) in [5.74, 6) is 0.620. The van der Waals surface area contributed by atoms with E-state index in [1.165, 1.54) is 5.56 Å². The normalized spacial score (nSPS) is 14.5. The quantitative estimate of drug-likeness (QED) is 0.469. The third kappa shape index (κ3) is 4.44. The number of carbonyl (C=O) groups is 1. The molecule has 1 aromatic heterocycles. The summed E-state index contributed by atoms with van der Waals surface area (Å²) in [6.07, 6.45) is 0. The van der Waals surface area contributed by atoms with Gasteiger partial charge in [0.2, 0.25) is 0 Å². The summed E-state index contributed by atoms with van der Waals surface area (Å²) in [7, 11) is 0. The minimum atomic E-state index is -0.129. The number of hydrogen-bond donors (Lipinski definition) is 2. The molecule has 1 aliphatic heterocycles. The van der Waals surface area contributed by atoms with Crippen LogP contribution in [-0.2, 0) is 6.54 Å². The highest BCUT2D eigenvalue weighted by molar-refractivity contribution is 6.06. The van der Waals surface area contributed by atoms with Gasteiger partial charge >= 0.3 is 0 Å². The van der Waals surface area contributed by atoms with Gasteiger partial charge in [-0.25, -0.2) is 0 Å². The van der Waals surface area contributed by atoms with E-state index in [1.54, 1.807) is 0 Å². The molecule has 0 spiro atoms. The molecule has 5 heteroatoms. The number of hydrogen-bond acceptors (Lipinski definition) is 4. The Labute approximate surface area is 188 Å². The highest BCUT2D eigenvalue weighted by Gasteiger charge is 2.15. The first-order valence-electron chi connectivity index (χ1n) is 11.1. The van der Waals surface area contributed by atoms with Crippen molar-refractivity contribution in [1.82, 2.24) is 10.2 Å². The number of amides is 1. The van der Waals surface area contributed by atoms with Crippen LogP contribution in [0.15, 0.2) is 77.2 Å². The molecule has 4 aromatic rings. The van der Waals surface area contributed by atoms with Gasteiger partial charge in [-0.15, -0.1) is 0 Å². The molecule has 5 nitrogen and oxygen atoms in total. The van der Waals surface area contributed by atoms with Crippen LogP contribution in [0.1, 0.15) is 21.5 Å². The van der Waals surface area contributed by atoms with Gasteiger partial charge in [-0.05, 0) is 48.9 Å². The molecule has 0 unspecified atom stereocenters. The Morgan fingerprint density at radius 2 is 1.84 bits per heavy atom. The zero-order valence-electron chi connectivity index (χ0n) is 18.2. The molecule has 0 bridgehead atoms. The van der Waals surface area contributed by atoms with E-state index in [2.05, 4.69) is 33.7 Å². The molecule has 0 aliphatic carbocycles. The zero-order valence-corrected chi connectivity index (χ0v) is 18.2. The average Bonchev–Trinajstić information content (AvgIpc) is 3.23. The number of anilines is 1. The predicted octanol–water partition coefficient (Wildman–Crippen LogP) is 5.07. The second-order valence-electron chi connectivity index (χ2n) is 8.38. The average molecular weight is 426 g/mol. The van der Waals surface area contributed by atoms with E-state index in [-0.39, 0.29) is 5.91 Å². The van der Waals surface area contributed by atoms with Gasteiger partial charge < -0.3 is 15.1 Å². The van der Waals surface area contributed by atoms with Gasteiger partial charge in [0.25, 0.3) is 5.91 Å². The van der Waals surface area contributed by atoms with E-state index in [0.29, 0.717) is 5.56 Å². The lowest BCUT2D eigenvalue weighted by molar-refractivity contribution is 0.102. The number of nitrogens with one attached hydrogen (secondary N) is 2. The van der Waals surface area contributed by atoms with Crippen molar-refractivity contribution < 1.29 is 9.21 Å².